The van der Waals surface area contributed by atoms with E-state index >= 15 is 0 Å². The molecule has 1 fully saturated rings. The minimum absolute atomic E-state index is 0. The second-order valence-corrected chi connectivity index (χ2v) is 5.98. The topological polar surface area (TPSA) is 86.9 Å². The van der Waals surface area contributed by atoms with Gasteiger partial charge in [0.2, 0.25) is 5.91 Å². The maximum absolute atomic E-state index is 11.6. The molecule has 24 heavy (non-hydrogen) atoms. The third kappa shape index (κ3) is 3.14. The maximum atomic E-state index is 11.6. The molecule has 124 valence electrons. The average Bonchev–Trinajstić information content (AvgIpc) is 2.89. The first kappa shape index (κ1) is 18.4. The van der Waals surface area contributed by atoms with E-state index in [1.165, 1.54) is 6.07 Å². The molecule has 1 amide bonds. The predicted molar refractivity (Wildman–Crippen MR) is 85.7 cm³/mol. The number of aromatic nitrogens is 1. The summed E-state index contributed by atoms with van der Waals surface area (Å²) in [4.78, 5) is 31.1. The number of oxazole rings is 1. The fraction of sp³-hybridized carbons (Fsp3) is 0.438. The van der Waals surface area contributed by atoms with E-state index in [9.17, 15) is 14.7 Å². The fourth-order valence-corrected chi connectivity index (χ4v) is 3.18. The van der Waals surface area contributed by atoms with Crippen LogP contribution < -0.4 is 23.8 Å². The summed E-state index contributed by atoms with van der Waals surface area (Å²) in [5, 5.41) is 9.26. The van der Waals surface area contributed by atoms with Crippen LogP contribution >= 0.6 is 0 Å². The molecule has 0 spiro atoms. The summed E-state index contributed by atoms with van der Waals surface area (Å²) in [7, 11) is 0. The molecule has 1 aliphatic rings. The van der Waals surface area contributed by atoms with Gasteiger partial charge in [0.15, 0.2) is 5.58 Å². The van der Waals surface area contributed by atoms with E-state index in [4.69, 9.17) is 4.42 Å². The Hall–Kier alpha value is -1.97. The monoisotopic (exact) mass is 325 g/mol. The minimum Gasteiger partial charge on any atom is -1.00 e. The van der Waals surface area contributed by atoms with Crippen LogP contribution in [0.4, 0.5) is 6.01 Å². The molecule has 8 heteroatoms. The third-order valence-corrected chi connectivity index (χ3v) is 4.22. The third-order valence-electron chi connectivity index (χ3n) is 4.22. The Labute approximate surface area is 153 Å². The molecule has 0 aliphatic carbocycles. The molecule has 1 aliphatic heterocycles. The van der Waals surface area contributed by atoms with Crippen molar-refractivity contribution in [1.29, 1.82) is 0 Å². The Morgan fingerprint density at radius 1 is 1.29 bits per heavy atom. The molecule has 0 bridgehead atoms. The van der Waals surface area contributed by atoms with Crippen molar-refractivity contribution in [2.45, 2.75) is 32.9 Å². The van der Waals surface area contributed by atoms with Gasteiger partial charge < -0.3 is 20.8 Å². The van der Waals surface area contributed by atoms with E-state index in [1.54, 1.807) is 24.0 Å². The first-order chi connectivity index (χ1) is 10.9. The van der Waals surface area contributed by atoms with E-state index in [-0.39, 0.29) is 43.8 Å². The molecule has 1 aromatic heterocycles. The largest absolute Gasteiger partial charge is 1.00 e. The summed E-state index contributed by atoms with van der Waals surface area (Å²) in [6.07, 6.45) is 0. The van der Waals surface area contributed by atoms with Gasteiger partial charge in [-0.3, -0.25) is 4.79 Å². The molecule has 0 radical (unpaired) electrons. The van der Waals surface area contributed by atoms with Gasteiger partial charge in [0.1, 0.15) is 5.52 Å². The number of hydrogen-bond acceptors (Lipinski definition) is 5. The number of hydrogen-bond donors (Lipinski definition) is 1. The van der Waals surface area contributed by atoms with Crippen LogP contribution in [0.3, 0.4) is 0 Å². The number of amides is 1. The summed E-state index contributed by atoms with van der Waals surface area (Å²) in [5.74, 6) is -0.980. The summed E-state index contributed by atoms with van der Waals surface area (Å²) in [6.45, 7) is 6.74. The van der Waals surface area contributed by atoms with Crippen molar-refractivity contribution in [3.05, 3.63) is 23.8 Å². The van der Waals surface area contributed by atoms with Crippen LogP contribution in [0, 0.1) is 0 Å². The molecule has 2 atom stereocenters. The van der Waals surface area contributed by atoms with E-state index in [0.717, 1.165) is 0 Å². The number of benzene rings is 1. The smallest absolute Gasteiger partial charge is 1.00 e. The van der Waals surface area contributed by atoms with Crippen molar-refractivity contribution in [3.63, 3.8) is 0 Å². The second kappa shape index (κ2) is 6.87. The second-order valence-electron chi connectivity index (χ2n) is 5.98. The Morgan fingerprint density at radius 3 is 2.46 bits per heavy atom. The van der Waals surface area contributed by atoms with Crippen LogP contribution in [-0.4, -0.2) is 52.0 Å². The Bertz CT molecular complexity index is 770. The summed E-state index contributed by atoms with van der Waals surface area (Å²) < 4.78 is 5.78. The van der Waals surface area contributed by atoms with Crippen LogP contribution in [0.25, 0.3) is 11.1 Å². The van der Waals surface area contributed by atoms with Gasteiger partial charge in [-0.2, -0.15) is 4.98 Å². The van der Waals surface area contributed by atoms with Crippen LogP contribution in [0.5, 0.6) is 0 Å². The Kier molecular flexibility index (Phi) is 5.26. The molecule has 2 aromatic rings. The minimum atomic E-state index is -1.03. The summed E-state index contributed by atoms with van der Waals surface area (Å²) in [6, 6.07) is 5.32. The molecular formula is C16H20LiN3O4. The number of aromatic carboxylic acids is 1. The van der Waals surface area contributed by atoms with Gasteiger partial charge in [-0.15, -0.1) is 0 Å². The number of carboxylic acid groups (broad SMARTS) is 1. The molecule has 1 N–H and O–H groups in total. The van der Waals surface area contributed by atoms with Gasteiger partial charge in [0.25, 0.3) is 6.01 Å². The van der Waals surface area contributed by atoms with Crippen molar-refractivity contribution < 1.29 is 39.4 Å². The first-order valence-electron chi connectivity index (χ1n) is 7.55. The number of piperazine rings is 1. The average molecular weight is 325 g/mol. The predicted octanol–water partition coefficient (Wildman–Crippen LogP) is -0.912. The SMILES string of the molecule is CC(=O)N1CC(C)N(c2nc3c(C(=O)O)cccc3o2)C(C)C1.[H-].[Li+]. The number of para-hydroxylation sites is 1. The molecule has 0 saturated carbocycles. The summed E-state index contributed by atoms with van der Waals surface area (Å²) >= 11 is 0. The standard InChI is InChI=1S/C16H19N3O4.Li.H/c1-9-7-18(11(3)20)8-10(2)19(9)16-17-14-12(15(21)22)5-4-6-13(14)23-16;;/h4-6,9-10H,7-8H2,1-3H3,(H,21,22);;/q;+1;-1. The summed E-state index contributed by atoms with van der Waals surface area (Å²) in [5.41, 5.74) is 0.928. The molecular weight excluding hydrogens is 305 g/mol. The Morgan fingerprint density at radius 2 is 1.92 bits per heavy atom. The molecule has 2 unspecified atom stereocenters. The van der Waals surface area contributed by atoms with Crippen molar-refractivity contribution in [1.82, 2.24) is 9.88 Å². The van der Waals surface area contributed by atoms with Crippen LogP contribution in [0.1, 0.15) is 32.6 Å². The number of nitrogens with zero attached hydrogens (tertiary/aromatic N) is 3. The molecule has 1 aromatic carbocycles. The van der Waals surface area contributed by atoms with Gasteiger partial charge in [0, 0.05) is 32.1 Å². The Balaban J connectivity index is 0.00000156. The molecule has 7 nitrogen and oxygen atoms in total. The maximum Gasteiger partial charge on any atom is 1.00 e. The van der Waals surface area contributed by atoms with Gasteiger partial charge in [-0.25, -0.2) is 4.79 Å². The van der Waals surface area contributed by atoms with Crippen molar-refractivity contribution in [2.24, 2.45) is 0 Å². The van der Waals surface area contributed by atoms with Crippen LogP contribution in [-0.2, 0) is 4.79 Å². The van der Waals surface area contributed by atoms with Gasteiger partial charge in [-0.1, -0.05) is 6.07 Å². The molecule has 2 heterocycles. The van der Waals surface area contributed by atoms with Crippen LogP contribution in [0.2, 0.25) is 0 Å². The number of fused-ring (bicyclic) bond motifs is 1. The van der Waals surface area contributed by atoms with Crippen LogP contribution in [0.15, 0.2) is 22.6 Å². The van der Waals surface area contributed by atoms with Crippen molar-refractivity contribution in [3.8, 4) is 0 Å². The molecule has 3 rings (SSSR count). The number of carbonyl (C=O) groups excluding carboxylic acids is 1. The van der Waals surface area contributed by atoms with E-state index in [1.807, 2.05) is 18.7 Å². The zero-order valence-electron chi connectivity index (χ0n) is 15.3. The van der Waals surface area contributed by atoms with E-state index < -0.39 is 5.97 Å². The number of carbonyl (C=O) groups is 2. The van der Waals surface area contributed by atoms with Crippen molar-refractivity contribution >= 4 is 29.0 Å². The number of carboxylic acids is 1. The molecule has 1 saturated heterocycles. The number of anilines is 1. The number of rotatable bonds is 2. The van der Waals surface area contributed by atoms with E-state index in [2.05, 4.69) is 4.98 Å². The zero-order valence-corrected chi connectivity index (χ0v) is 14.3. The first-order valence-corrected chi connectivity index (χ1v) is 7.55. The van der Waals surface area contributed by atoms with Gasteiger partial charge >= 0.3 is 24.8 Å². The zero-order chi connectivity index (χ0) is 16.7. The van der Waals surface area contributed by atoms with Crippen molar-refractivity contribution in [2.75, 3.05) is 18.0 Å². The van der Waals surface area contributed by atoms with Gasteiger partial charge in [-0.05, 0) is 26.0 Å². The normalized spacial score (nSPS) is 20.8. The quantitative estimate of drug-likeness (QED) is 0.719. The van der Waals surface area contributed by atoms with Gasteiger partial charge in [0.05, 0.1) is 5.56 Å². The van der Waals surface area contributed by atoms with E-state index in [0.29, 0.717) is 30.2 Å². The fourth-order valence-electron chi connectivity index (χ4n) is 3.18.